The van der Waals surface area contributed by atoms with Gasteiger partial charge in [-0.2, -0.15) is 5.10 Å². The molecule has 1 heterocycles. The Morgan fingerprint density at radius 2 is 2.12 bits per heavy atom. The predicted molar refractivity (Wildman–Crippen MR) is 68.8 cm³/mol. The zero-order valence-corrected chi connectivity index (χ0v) is 11.0. The zero-order valence-electron chi connectivity index (χ0n) is 11.0. The van der Waals surface area contributed by atoms with E-state index in [4.69, 9.17) is 0 Å². The van der Waals surface area contributed by atoms with Gasteiger partial charge in [-0.3, -0.25) is 4.68 Å². The van der Waals surface area contributed by atoms with Crippen LogP contribution < -0.4 is 0 Å². The molecule has 1 unspecified atom stereocenters. The molecule has 0 radical (unpaired) electrons. The van der Waals surface area contributed by atoms with Gasteiger partial charge >= 0.3 is 0 Å². The van der Waals surface area contributed by atoms with Crippen LogP contribution in [-0.4, -0.2) is 20.5 Å². The fraction of sp³-hybridized carbons (Fsp3) is 0.786. The summed E-state index contributed by atoms with van der Waals surface area (Å²) in [4.78, 5) is 0. The Bertz CT molecular complexity index is 351. The van der Waals surface area contributed by atoms with E-state index in [1.165, 1.54) is 32.1 Å². The van der Waals surface area contributed by atoms with Crippen molar-refractivity contribution in [1.29, 1.82) is 0 Å². The van der Waals surface area contributed by atoms with Crippen molar-refractivity contribution in [1.82, 2.24) is 9.78 Å². The van der Waals surface area contributed by atoms with Crippen LogP contribution in [0.1, 0.15) is 51.5 Å². The lowest BCUT2D eigenvalue weighted by Crippen LogP contribution is -2.38. The lowest BCUT2D eigenvalue weighted by atomic mass is 9.75. The quantitative estimate of drug-likeness (QED) is 0.873. The van der Waals surface area contributed by atoms with Gasteiger partial charge in [0.05, 0.1) is 11.8 Å². The number of nitrogens with zero attached hydrogens (tertiary/aromatic N) is 2. The number of aryl methyl sites for hydroxylation is 1. The summed E-state index contributed by atoms with van der Waals surface area (Å²) in [7, 11) is 0. The van der Waals surface area contributed by atoms with E-state index in [1.807, 2.05) is 17.8 Å². The molecule has 0 amide bonds. The van der Waals surface area contributed by atoms with Gasteiger partial charge in [-0.05, 0) is 38.2 Å². The molecule has 1 aliphatic carbocycles. The molecule has 2 rings (SSSR count). The molecular weight excluding hydrogens is 212 g/mol. The van der Waals surface area contributed by atoms with Crippen molar-refractivity contribution in [3.8, 4) is 0 Å². The molecule has 0 spiro atoms. The largest absolute Gasteiger partial charge is 0.390 e. The third-order valence-electron chi connectivity index (χ3n) is 4.06. The van der Waals surface area contributed by atoms with Crippen LogP contribution in [0.3, 0.4) is 0 Å². The highest BCUT2D eigenvalue weighted by Crippen LogP contribution is 2.34. The molecule has 0 aliphatic heterocycles. The maximum Gasteiger partial charge on any atom is 0.0689 e. The molecule has 3 nitrogen and oxygen atoms in total. The van der Waals surface area contributed by atoms with E-state index in [1.54, 1.807) is 0 Å². The van der Waals surface area contributed by atoms with Crippen LogP contribution in [0.25, 0.3) is 0 Å². The molecule has 0 bridgehead atoms. The maximum atomic E-state index is 10.6. The molecule has 1 saturated carbocycles. The van der Waals surface area contributed by atoms with Crippen LogP contribution in [0.4, 0.5) is 0 Å². The Morgan fingerprint density at radius 3 is 2.71 bits per heavy atom. The minimum absolute atomic E-state index is 0.459. The molecule has 17 heavy (non-hydrogen) atoms. The molecule has 3 heteroatoms. The average Bonchev–Trinajstić information content (AvgIpc) is 2.77. The number of aromatic nitrogens is 2. The molecule has 1 atom stereocenters. The lowest BCUT2D eigenvalue weighted by molar-refractivity contribution is -0.0159. The smallest absolute Gasteiger partial charge is 0.0689 e. The summed E-state index contributed by atoms with van der Waals surface area (Å²) in [5.41, 5.74) is 0.588. The normalized spacial score (nSPS) is 21.4. The van der Waals surface area contributed by atoms with Gasteiger partial charge in [-0.1, -0.05) is 19.3 Å². The van der Waals surface area contributed by atoms with Crippen molar-refractivity contribution in [3.63, 3.8) is 0 Å². The van der Waals surface area contributed by atoms with Gasteiger partial charge in [-0.15, -0.1) is 0 Å². The third kappa shape index (κ3) is 3.09. The Morgan fingerprint density at radius 1 is 1.41 bits per heavy atom. The Balaban J connectivity index is 1.99. The standard InChI is InChI=1S/C14H24N2O/c1-3-16-11-12(10-15-16)9-14(2,17)13-7-5-4-6-8-13/h10-11,13,17H,3-9H2,1-2H3. The van der Waals surface area contributed by atoms with E-state index in [2.05, 4.69) is 18.2 Å². The first kappa shape index (κ1) is 12.6. The van der Waals surface area contributed by atoms with Gasteiger partial charge in [0.15, 0.2) is 0 Å². The summed E-state index contributed by atoms with van der Waals surface area (Å²) >= 11 is 0. The van der Waals surface area contributed by atoms with Crippen LogP contribution in [-0.2, 0) is 13.0 Å². The number of hydrogen-bond donors (Lipinski definition) is 1. The first-order valence-electron chi connectivity index (χ1n) is 6.85. The molecule has 96 valence electrons. The van der Waals surface area contributed by atoms with E-state index in [0.29, 0.717) is 5.92 Å². The molecule has 1 N–H and O–H groups in total. The van der Waals surface area contributed by atoms with Crippen LogP contribution in [0, 0.1) is 5.92 Å². The lowest BCUT2D eigenvalue weighted by Gasteiger charge is -2.35. The van der Waals surface area contributed by atoms with Crippen molar-refractivity contribution in [2.24, 2.45) is 5.92 Å². The summed E-state index contributed by atoms with van der Waals surface area (Å²) in [6.45, 7) is 4.97. The van der Waals surface area contributed by atoms with Crippen LogP contribution in [0.2, 0.25) is 0 Å². The molecule has 1 fully saturated rings. The fourth-order valence-electron chi connectivity index (χ4n) is 2.95. The van der Waals surface area contributed by atoms with Crippen molar-refractivity contribution >= 4 is 0 Å². The summed E-state index contributed by atoms with van der Waals surface area (Å²) in [6.07, 6.45) is 10.9. The molecule has 1 aromatic rings. The van der Waals surface area contributed by atoms with E-state index in [0.717, 1.165) is 18.5 Å². The fourth-order valence-corrected chi connectivity index (χ4v) is 2.95. The SMILES string of the molecule is CCn1cc(CC(C)(O)C2CCCCC2)cn1. The van der Waals surface area contributed by atoms with E-state index in [-0.39, 0.29) is 0 Å². The van der Waals surface area contributed by atoms with Gasteiger partial charge in [-0.25, -0.2) is 0 Å². The monoisotopic (exact) mass is 236 g/mol. The number of hydrogen-bond acceptors (Lipinski definition) is 2. The summed E-state index contributed by atoms with van der Waals surface area (Å²) in [5.74, 6) is 0.459. The zero-order chi connectivity index (χ0) is 12.3. The summed E-state index contributed by atoms with van der Waals surface area (Å²) in [5, 5.41) is 14.9. The van der Waals surface area contributed by atoms with E-state index < -0.39 is 5.60 Å². The molecule has 0 aromatic carbocycles. The van der Waals surface area contributed by atoms with Crippen molar-refractivity contribution in [2.45, 2.75) is 64.5 Å². The van der Waals surface area contributed by atoms with Crippen LogP contribution in [0.15, 0.2) is 12.4 Å². The topological polar surface area (TPSA) is 38.0 Å². The summed E-state index contributed by atoms with van der Waals surface area (Å²) in [6, 6.07) is 0. The highest BCUT2D eigenvalue weighted by atomic mass is 16.3. The Kier molecular flexibility index (Phi) is 3.87. The van der Waals surface area contributed by atoms with Gasteiger partial charge in [0.1, 0.15) is 0 Å². The maximum absolute atomic E-state index is 10.6. The van der Waals surface area contributed by atoms with Crippen LogP contribution >= 0.6 is 0 Å². The van der Waals surface area contributed by atoms with Crippen molar-refractivity contribution < 1.29 is 5.11 Å². The van der Waals surface area contributed by atoms with Crippen molar-refractivity contribution in [3.05, 3.63) is 18.0 Å². The molecule has 0 saturated heterocycles. The van der Waals surface area contributed by atoms with Gasteiger partial charge < -0.3 is 5.11 Å². The second-order valence-electron chi connectivity index (χ2n) is 5.57. The van der Waals surface area contributed by atoms with Gasteiger partial charge in [0.2, 0.25) is 0 Å². The van der Waals surface area contributed by atoms with Gasteiger partial charge in [0, 0.05) is 19.2 Å². The molecule has 1 aromatic heterocycles. The second-order valence-corrected chi connectivity index (χ2v) is 5.57. The second kappa shape index (κ2) is 5.21. The van der Waals surface area contributed by atoms with Gasteiger partial charge in [0.25, 0.3) is 0 Å². The number of rotatable bonds is 4. The summed E-state index contributed by atoms with van der Waals surface area (Å²) < 4.78 is 1.92. The predicted octanol–water partition coefficient (Wildman–Crippen LogP) is 2.78. The highest BCUT2D eigenvalue weighted by Gasteiger charge is 2.33. The Hall–Kier alpha value is -0.830. The third-order valence-corrected chi connectivity index (χ3v) is 4.06. The minimum Gasteiger partial charge on any atom is -0.390 e. The van der Waals surface area contributed by atoms with Crippen LogP contribution in [0.5, 0.6) is 0 Å². The average molecular weight is 236 g/mol. The van der Waals surface area contributed by atoms with E-state index >= 15 is 0 Å². The van der Waals surface area contributed by atoms with E-state index in [9.17, 15) is 5.11 Å². The molecular formula is C14H24N2O. The number of aliphatic hydroxyl groups is 1. The first-order chi connectivity index (χ1) is 8.12. The minimum atomic E-state index is -0.567. The Labute approximate surface area is 104 Å². The highest BCUT2D eigenvalue weighted by molar-refractivity contribution is 5.09. The first-order valence-corrected chi connectivity index (χ1v) is 6.85. The van der Waals surface area contributed by atoms with Crippen molar-refractivity contribution in [2.75, 3.05) is 0 Å². The molecule has 1 aliphatic rings.